The van der Waals surface area contributed by atoms with Crippen LogP contribution in [0.3, 0.4) is 0 Å². The largest absolute Gasteiger partial charge is 0.493 e. The summed E-state index contributed by atoms with van der Waals surface area (Å²) in [5.74, 6) is 1.34. The number of urea groups is 1. The van der Waals surface area contributed by atoms with Crippen molar-refractivity contribution in [2.75, 3.05) is 26.1 Å². The second kappa shape index (κ2) is 5.93. The Morgan fingerprint density at radius 3 is 3.00 bits per heavy atom. The molecule has 1 aliphatic rings. The van der Waals surface area contributed by atoms with Crippen LogP contribution in [0.5, 0.6) is 11.6 Å². The molecule has 0 atom stereocenters. The van der Waals surface area contributed by atoms with Crippen LogP contribution in [0.4, 0.5) is 10.5 Å². The van der Waals surface area contributed by atoms with Gasteiger partial charge in [-0.15, -0.1) is 0 Å². The molecule has 0 aliphatic carbocycles. The molecule has 2 aromatic rings. The molecule has 0 saturated heterocycles. The Kier molecular flexibility index (Phi) is 3.82. The summed E-state index contributed by atoms with van der Waals surface area (Å²) in [6.45, 7) is 0.626. The Morgan fingerprint density at radius 2 is 2.23 bits per heavy atom. The van der Waals surface area contributed by atoms with Gasteiger partial charge in [-0.1, -0.05) is 0 Å². The molecule has 0 bridgehead atoms. The lowest BCUT2D eigenvalue weighted by atomic mass is 9.99. The number of aromatic nitrogens is 1. The second-order valence-corrected chi connectivity index (χ2v) is 4.85. The smallest absolute Gasteiger partial charge is 0.319 e. The number of benzene rings is 1. The summed E-state index contributed by atoms with van der Waals surface area (Å²) in [6, 6.07) is 7.33. The predicted octanol–water partition coefficient (Wildman–Crippen LogP) is 2.44. The van der Waals surface area contributed by atoms with E-state index in [1.807, 2.05) is 24.3 Å². The number of nitrogens with zero attached hydrogens (tertiary/aromatic N) is 1. The number of pyridine rings is 1. The first-order chi connectivity index (χ1) is 10.7. The molecule has 0 fully saturated rings. The molecular weight excluding hydrogens is 282 g/mol. The van der Waals surface area contributed by atoms with Gasteiger partial charge < -0.3 is 20.1 Å². The van der Waals surface area contributed by atoms with Crippen molar-refractivity contribution < 1.29 is 14.3 Å². The minimum absolute atomic E-state index is 0.262. The fraction of sp³-hybridized carbons (Fsp3) is 0.250. The summed E-state index contributed by atoms with van der Waals surface area (Å²) in [6.07, 6.45) is 2.45. The van der Waals surface area contributed by atoms with E-state index in [1.165, 1.54) is 0 Å². The van der Waals surface area contributed by atoms with E-state index in [-0.39, 0.29) is 6.03 Å². The highest BCUT2D eigenvalue weighted by Gasteiger charge is 2.21. The Morgan fingerprint density at radius 1 is 1.36 bits per heavy atom. The summed E-state index contributed by atoms with van der Waals surface area (Å²) in [4.78, 5) is 15.9. The number of hydrogen-bond donors (Lipinski definition) is 2. The maximum absolute atomic E-state index is 11.8. The normalized spacial score (nSPS) is 12.3. The van der Waals surface area contributed by atoms with Crippen LogP contribution in [0.1, 0.15) is 5.56 Å². The van der Waals surface area contributed by atoms with E-state index in [2.05, 4.69) is 15.6 Å². The van der Waals surface area contributed by atoms with E-state index in [1.54, 1.807) is 20.4 Å². The van der Waals surface area contributed by atoms with Gasteiger partial charge in [0.2, 0.25) is 5.88 Å². The van der Waals surface area contributed by atoms with Gasteiger partial charge in [-0.2, -0.15) is 0 Å². The van der Waals surface area contributed by atoms with Gasteiger partial charge in [-0.25, -0.2) is 9.78 Å². The van der Waals surface area contributed by atoms with Gasteiger partial charge in [-0.05, 0) is 23.8 Å². The van der Waals surface area contributed by atoms with Crippen LogP contribution in [0.2, 0.25) is 0 Å². The molecule has 3 rings (SSSR count). The quantitative estimate of drug-likeness (QED) is 0.913. The molecule has 2 heterocycles. The summed E-state index contributed by atoms with van der Waals surface area (Å²) < 4.78 is 10.8. The number of methoxy groups -OCH3 is 1. The van der Waals surface area contributed by atoms with Gasteiger partial charge in [0.25, 0.3) is 0 Å². The minimum Gasteiger partial charge on any atom is -0.493 e. The molecule has 114 valence electrons. The lowest BCUT2D eigenvalue weighted by Crippen LogP contribution is -2.25. The minimum atomic E-state index is -0.262. The van der Waals surface area contributed by atoms with Crippen LogP contribution in [0, 0.1) is 0 Å². The molecule has 22 heavy (non-hydrogen) atoms. The number of carbonyl (C=O) groups is 1. The molecule has 1 aromatic carbocycles. The Hall–Kier alpha value is -2.76. The Bertz CT molecular complexity index is 716. The topological polar surface area (TPSA) is 72.5 Å². The van der Waals surface area contributed by atoms with Crippen molar-refractivity contribution in [3.8, 4) is 22.8 Å². The number of hydrogen-bond acceptors (Lipinski definition) is 4. The van der Waals surface area contributed by atoms with Crippen LogP contribution >= 0.6 is 0 Å². The number of carbonyl (C=O) groups excluding carboxylic acids is 1. The maximum Gasteiger partial charge on any atom is 0.319 e. The third-order valence-corrected chi connectivity index (χ3v) is 3.60. The lowest BCUT2D eigenvalue weighted by Gasteiger charge is -2.15. The molecule has 6 heteroatoms. The van der Waals surface area contributed by atoms with Crippen LogP contribution < -0.4 is 20.1 Å². The van der Waals surface area contributed by atoms with Crippen LogP contribution in [0.15, 0.2) is 30.5 Å². The monoisotopic (exact) mass is 299 g/mol. The van der Waals surface area contributed by atoms with E-state index in [0.717, 1.165) is 34.5 Å². The zero-order valence-corrected chi connectivity index (χ0v) is 12.5. The number of nitrogens with one attached hydrogen (secondary N) is 2. The van der Waals surface area contributed by atoms with Gasteiger partial charge >= 0.3 is 6.03 Å². The van der Waals surface area contributed by atoms with Crippen LogP contribution in [-0.4, -0.2) is 31.8 Å². The highest BCUT2D eigenvalue weighted by molar-refractivity contribution is 5.96. The molecule has 1 aromatic heterocycles. The molecule has 0 unspecified atom stereocenters. The third kappa shape index (κ3) is 2.55. The molecule has 0 spiro atoms. The van der Waals surface area contributed by atoms with Crippen molar-refractivity contribution in [2.45, 2.75) is 6.42 Å². The van der Waals surface area contributed by atoms with Crippen molar-refractivity contribution in [3.63, 3.8) is 0 Å². The van der Waals surface area contributed by atoms with Crippen LogP contribution in [-0.2, 0) is 6.42 Å². The molecule has 1 aliphatic heterocycles. The van der Waals surface area contributed by atoms with Gasteiger partial charge in [0, 0.05) is 36.9 Å². The molecule has 2 N–H and O–H groups in total. The second-order valence-electron chi connectivity index (χ2n) is 4.85. The molecular formula is C16H17N3O3. The highest BCUT2D eigenvalue weighted by atomic mass is 16.5. The molecule has 0 radical (unpaired) electrons. The summed E-state index contributed by atoms with van der Waals surface area (Å²) in [5, 5.41) is 5.48. The average Bonchev–Trinajstić information content (AvgIpc) is 3.04. The van der Waals surface area contributed by atoms with Gasteiger partial charge in [0.05, 0.1) is 19.4 Å². The first-order valence-electron chi connectivity index (χ1n) is 7.00. The zero-order chi connectivity index (χ0) is 15.5. The summed E-state index contributed by atoms with van der Waals surface area (Å²) in [7, 11) is 3.16. The van der Waals surface area contributed by atoms with Gasteiger partial charge in [0.1, 0.15) is 5.75 Å². The van der Waals surface area contributed by atoms with Crippen molar-refractivity contribution in [1.29, 1.82) is 0 Å². The van der Waals surface area contributed by atoms with E-state index in [0.29, 0.717) is 12.5 Å². The molecule has 2 amide bonds. The average molecular weight is 299 g/mol. The Labute approximate surface area is 128 Å². The van der Waals surface area contributed by atoms with Crippen molar-refractivity contribution in [2.24, 2.45) is 0 Å². The van der Waals surface area contributed by atoms with Crippen molar-refractivity contribution in [1.82, 2.24) is 10.3 Å². The first kappa shape index (κ1) is 14.2. The van der Waals surface area contributed by atoms with Gasteiger partial charge in [0.15, 0.2) is 0 Å². The Balaban J connectivity index is 2.12. The number of ether oxygens (including phenoxy) is 2. The van der Waals surface area contributed by atoms with Crippen molar-refractivity contribution in [3.05, 3.63) is 36.0 Å². The number of rotatable bonds is 3. The van der Waals surface area contributed by atoms with E-state index < -0.39 is 0 Å². The standard InChI is InChI=1S/C16H17N3O3/c1-17-16(20)19-15-11(3-4-13-12(15)6-8-22-13)10-5-7-18-14(9-10)21-2/h3-5,7,9H,6,8H2,1-2H3,(H2,17,19,20). The van der Waals surface area contributed by atoms with E-state index >= 15 is 0 Å². The molecule has 6 nitrogen and oxygen atoms in total. The number of fused-ring (bicyclic) bond motifs is 1. The highest BCUT2D eigenvalue weighted by Crippen LogP contribution is 2.39. The maximum atomic E-state index is 11.8. The van der Waals surface area contributed by atoms with E-state index in [4.69, 9.17) is 9.47 Å². The van der Waals surface area contributed by atoms with E-state index in [9.17, 15) is 4.79 Å². The predicted molar refractivity (Wildman–Crippen MR) is 83.5 cm³/mol. The van der Waals surface area contributed by atoms with Crippen LogP contribution in [0.25, 0.3) is 11.1 Å². The lowest BCUT2D eigenvalue weighted by molar-refractivity contribution is 0.254. The zero-order valence-electron chi connectivity index (χ0n) is 12.5. The number of amides is 2. The fourth-order valence-corrected chi connectivity index (χ4v) is 2.52. The summed E-state index contributed by atoms with van der Waals surface area (Å²) >= 11 is 0. The fourth-order valence-electron chi connectivity index (χ4n) is 2.52. The third-order valence-electron chi connectivity index (χ3n) is 3.60. The summed E-state index contributed by atoms with van der Waals surface area (Å²) in [5.41, 5.74) is 3.61. The van der Waals surface area contributed by atoms with Gasteiger partial charge in [-0.3, -0.25) is 0 Å². The molecule has 0 saturated carbocycles. The number of anilines is 1. The van der Waals surface area contributed by atoms with Crippen molar-refractivity contribution >= 4 is 11.7 Å². The SMILES string of the molecule is CNC(=O)Nc1c(-c2ccnc(OC)c2)ccc2c1CCO2. The first-order valence-corrected chi connectivity index (χ1v) is 7.00.